The van der Waals surface area contributed by atoms with E-state index < -0.39 is 11.3 Å². The number of hydrogen-bond donors (Lipinski definition) is 0. The van der Waals surface area contributed by atoms with E-state index in [2.05, 4.69) is 0 Å². The van der Waals surface area contributed by atoms with Gasteiger partial charge in [-0.3, -0.25) is 14.4 Å². The number of nitrogens with zero attached hydrogens (tertiary/aromatic N) is 1. The number of anilines is 1. The Kier molecular flexibility index (Phi) is 2.61. The summed E-state index contributed by atoms with van der Waals surface area (Å²) in [5.74, 6) is -0.998. The highest BCUT2D eigenvalue weighted by Crippen LogP contribution is 2.68. The summed E-state index contributed by atoms with van der Waals surface area (Å²) in [6, 6.07) is 5.74. The molecule has 2 amide bonds. The number of amides is 2. The first-order valence-corrected chi connectivity index (χ1v) is 8.17. The number of benzene rings is 1. The SMILES string of the molecule is Cc1ccc(N2C(=O)[C@@H]3[C@H](C2=O)[C@]2(C)C[C@]3(C)CC2=O)c(C)c1. The molecule has 0 unspecified atom stereocenters. The highest BCUT2D eigenvalue weighted by Gasteiger charge is 2.74. The molecule has 1 aromatic rings. The lowest BCUT2D eigenvalue weighted by Crippen LogP contribution is -2.40. The largest absolute Gasteiger partial charge is 0.299 e. The third kappa shape index (κ3) is 1.59. The molecular weight excluding hydrogens is 290 g/mol. The zero-order valence-corrected chi connectivity index (χ0v) is 14.0. The van der Waals surface area contributed by atoms with Gasteiger partial charge in [0.1, 0.15) is 5.78 Å². The number of carbonyl (C=O) groups excluding carboxylic acids is 3. The molecular formula is C19H21NO3. The predicted molar refractivity (Wildman–Crippen MR) is 85.8 cm³/mol. The third-order valence-electron chi connectivity index (χ3n) is 6.31. The van der Waals surface area contributed by atoms with Crippen molar-refractivity contribution < 1.29 is 14.4 Å². The van der Waals surface area contributed by atoms with Gasteiger partial charge in [0.15, 0.2) is 0 Å². The van der Waals surface area contributed by atoms with Gasteiger partial charge in [0, 0.05) is 11.8 Å². The number of aryl methyl sites for hydroxylation is 2. The number of rotatable bonds is 1. The third-order valence-corrected chi connectivity index (χ3v) is 6.31. The lowest BCUT2D eigenvalue weighted by molar-refractivity contribution is -0.138. The van der Waals surface area contributed by atoms with E-state index in [-0.39, 0.29) is 28.9 Å². The monoisotopic (exact) mass is 311 g/mol. The highest BCUT2D eigenvalue weighted by atomic mass is 16.2. The Morgan fingerprint density at radius 3 is 2.35 bits per heavy atom. The number of carbonyl (C=O) groups is 3. The number of Topliss-reactive ketones (excluding diaryl/α,β-unsaturated/α-hetero) is 1. The lowest BCUT2D eigenvalue weighted by Gasteiger charge is -2.30. The Labute approximate surface area is 135 Å². The standard InChI is InChI=1S/C19H21NO3/c1-10-5-6-12(11(2)7-10)20-16(22)14-15(17(20)23)19(4)9-18(14,3)8-13(19)21/h5-7,14-15H,8-9H2,1-4H3/t14-,15+,18-,19+/m0/s1. The van der Waals surface area contributed by atoms with E-state index in [1.165, 1.54) is 4.90 Å². The topological polar surface area (TPSA) is 54.5 Å². The van der Waals surface area contributed by atoms with Crippen LogP contribution in [0.1, 0.15) is 37.8 Å². The quantitative estimate of drug-likeness (QED) is 0.749. The van der Waals surface area contributed by atoms with E-state index in [9.17, 15) is 14.4 Å². The number of imide groups is 1. The summed E-state index contributed by atoms with van der Waals surface area (Å²) in [7, 11) is 0. The second kappa shape index (κ2) is 4.11. The summed E-state index contributed by atoms with van der Waals surface area (Å²) in [6.45, 7) is 7.78. The van der Waals surface area contributed by atoms with Crippen molar-refractivity contribution in [1.29, 1.82) is 0 Å². The minimum absolute atomic E-state index is 0.120. The van der Waals surface area contributed by atoms with Crippen LogP contribution in [-0.2, 0) is 14.4 Å². The Bertz CT molecular complexity index is 783. The Morgan fingerprint density at radius 2 is 1.70 bits per heavy atom. The van der Waals surface area contributed by atoms with Gasteiger partial charge in [-0.2, -0.15) is 0 Å². The zero-order valence-electron chi connectivity index (χ0n) is 14.0. The van der Waals surface area contributed by atoms with E-state index >= 15 is 0 Å². The molecule has 4 atom stereocenters. The number of fused-ring (bicyclic) bond motifs is 5. The maximum absolute atomic E-state index is 13.1. The molecule has 4 heteroatoms. The molecule has 3 fully saturated rings. The molecule has 1 aromatic carbocycles. The summed E-state index contributed by atoms with van der Waals surface area (Å²) in [6.07, 6.45) is 1.08. The molecule has 2 saturated carbocycles. The fraction of sp³-hybridized carbons (Fsp3) is 0.526. The van der Waals surface area contributed by atoms with Gasteiger partial charge in [-0.15, -0.1) is 0 Å². The summed E-state index contributed by atoms with van der Waals surface area (Å²) in [4.78, 5) is 39.9. The van der Waals surface area contributed by atoms with Crippen LogP contribution in [0.5, 0.6) is 0 Å². The molecule has 120 valence electrons. The Balaban J connectivity index is 1.84. The molecule has 2 aliphatic carbocycles. The van der Waals surface area contributed by atoms with Crippen molar-refractivity contribution in [1.82, 2.24) is 0 Å². The van der Waals surface area contributed by atoms with Crippen molar-refractivity contribution in [3.05, 3.63) is 29.3 Å². The van der Waals surface area contributed by atoms with Gasteiger partial charge in [0.2, 0.25) is 11.8 Å². The maximum atomic E-state index is 13.1. The molecule has 23 heavy (non-hydrogen) atoms. The lowest BCUT2D eigenvalue weighted by atomic mass is 9.68. The molecule has 1 saturated heterocycles. The van der Waals surface area contributed by atoms with E-state index in [1.807, 2.05) is 45.9 Å². The predicted octanol–water partition coefficient (Wildman–Crippen LogP) is 2.80. The van der Waals surface area contributed by atoms with Crippen LogP contribution >= 0.6 is 0 Å². The zero-order chi connectivity index (χ0) is 16.7. The first-order valence-electron chi connectivity index (χ1n) is 8.17. The second-order valence-corrected chi connectivity index (χ2v) is 8.11. The molecule has 0 spiro atoms. The summed E-state index contributed by atoms with van der Waals surface area (Å²) < 4.78 is 0. The van der Waals surface area contributed by atoms with Gasteiger partial charge in [-0.05, 0) is 37.3 Å². The summed E-state index contributed by atoms with van der Waals surface area (Å²) in [5.41, 5.74) is 1.65. The van der Waals surface area contributed by atoms with Gasteiger partial charge in [-0.25, -0.2) is 4.90 Å². The summed E-state index contributed by atoms with van der Waals surface area (Å²) in [5, 5.41) is 0. The van der Waals surface area contributed by atoms with Crippen molar-refractivity contribution >= 4 is 23.3 Å². The number of hydrogen-bond acceptors (Lipinski definition) is 3. The molecule has 0 N–H and O–H groups in total. The normalized spacial score (nSPS) is 38.6. The van der Waals surface area contributed by atoms with Gasteiger partial charge in [0.25, 0.3) is 0 Å². The Hall–Kier alpha value is -1.97. The molecule has 4 nitrogen and oxygen atoms in total. The minimum atomic E-state index is -0.667. The Morgan fingerprint density at radius 1 is 1.04 bits per heavy atom. The molecule has 0 radical (unpaired) electrons. The molecule has 2 bridgehead atoms. The minimum Gasteiger partial charge on any atom is -0.299 e. The van der Waals surface area contributed by atoms with Gasteiger partial charge >= 0.3 is 0 Å². The van der Waals surface area contributed by atoms with Crippen LogP contribution in [0.25, 0.3) is 0 Å². The van der Waals surface area contributed by atoms with Crippen LogP contribution in [0.2, 0.25) is 0 Å². The van der Waals surface area contributed by atoms with Crippen molar-refractivity contribution in [3.8, 4) is 0 Å². The summed E-state index contributed by atoms with van der Waals surface area (Å²) >= 11 is 0. The smallest absolute Gasteiger partial charge is 0.238 e. The van der Waals surface area contributed by atoms with Crippen LogP contribution in [0.4, 0.5) is 5.69 Å². The highest BCUT2D eigenvalue weighted by molar-refractivity contribution is 6.25. The van der Waals surface area contributed by atoms with Crippen LogP contribution in [0.3, 0.4) is 0 Å². The molecule has 4 rings (SSSR count). The maximum Gasteiger partial charge on any atom is 0.238 e. The van der Waals surface area contributed by atoms with Crippen LogP contribution in [-0.4, -0.2) is 17.6 Å². The van der Waals surface area contributed by atoms with Gasteiger partial charge in [0.05, 0.1) is 17.5 Å². The van der Waals surface area contributed by atoms with E-state index in [1.54, 1.807) is 0 Å². The van der Waals surface area contributed by atoms with Crippen LogP contribution < -0.4 is 4.90 Å². The second-order valence-electron chi connectivity index (χ2n) is 8.11. The van der Waals surface area contributed by atoms with Crippen molar-refractivity contribution in [3.63, 3.8) is 0 Å². The first kappa shape index (κ1) is 14.6. The van der Waals surface area contributed by atoms with Crippen molar-refractivity contribution in [2.75, 3.05) is 4.90 Å². The van der Waals surface area contributed by atoms with Gasteiger partial charge in [-0.1, -0.05) is 31.5 Å². The number of ketones is 1. The average molecular weight is 311 g/mol. The average Bonchev–Trinajstić information content (AvgIpc) is 2.94. The van der Waals surface area contributed by atoms with Crippen LogP contribution in [0.15, 0.2) is 18.2 Å². The van der Waals surface area contributed by atoms with E-state index in [0.29, 0.717) is 18.5 Å². The van der Waals surface area contributed by atoms with Crippen LogP contribution in [0, 0.1) is 36.5 Å². The van der Waals surface area contributed by atoms with E-state index in [0.717, 1.165) is 11.1 Å². The fourth-order valence-electron chi connectivity index (χ4n) is 5.38. The van der Waals surface area contributed by atoms with Gasteiger partial charge < -0.3 is 0 Å². The molecule has 1 aliphatic heterocycles. The van der Waals surface area contributed by atoms with E-state index in [4.69, 9.17) is 0 Å². The molecule has 0 aromatic heterocycles. The first-order chi connectivity index (χ1) is 10.7. The molecule has 3 aliphatic rings. The fourth-order valence-corrected chi connectivity index (χ4v) is 5.38. The van der Waals surface area contributed by atoms with Crippen molar-refractivity contribution in [2.24, 2.45) is 22.7 Å². The van der Waals surface area contributed by atoms with Crippen molar-refractivity contribution in [2.45, 2.75) is 40.5 Å². The molecule has 1 heterocycles.